The molecule has 0 radical (unpaired) electrons. The Balaban J connectivity index is 1.77. The molecule has 0 aromatic heterocycles. The van der Waals surface area contributed by atoms with Crippen molar-refractivity contribution >= 4 is 35.0 Å². The van der Waals surface area contributed by atoms with Gasteiger partial charge in [-0.15, -0.1) is 11.8 Å². The van der Waals surface area contributed by atoms with E-state index < -0.39 is 0 Å². The first kappa shape index (κ1) is 16.6. The lowest BCUT2D eigenvalue weighted by molar-refractivity contribution is -0.120. The Hall–Kier alpha value is -2.27. The molecule has 0 bridgehead atoms. The summed E-state index contributed by atoms with van der Waals surface area (Å²) in [4.78, 5) is 27.3. The first-order chi connectivity index (χ1) is 11.6. The normalized spacial score (nSPS) is 13.8. The molecular weight excluding hydrogens is 320 g/mol. The zero-order valence-electron chi connectivity index (χ0n) is 13.8. The van der Waals surface area contributed by atoms with Crippen LogP contribution in [0.25, 0.3) is 0 Å². The van der Waals surface area contributed by atoms with E-state index in [1.54, 1.807) is 4.90 Å². The number of thioether (sulfide) groups is 1. The van der Waals surface area contributed by atoms with Crippen LogP contribution in [0, 0.1) is 0 Å². The molecule has 3 rings (SSSR count). The fraction of sp³-hybridized carbons (Fsp3) is 0.263. The van der Waals surface area contributed by atoms with Crippen LogP contribution in [-0.2, 0) is 9.59 Å². The first-order valence-electron chi connectivity index (χ1n) is 7.97. The van der Waals surface area contributed by atoms with Gasteiger partial charge in [0.25, 0.3) is 0 Å². The minimum Gasteiger partial charge on any atom is -0.324 e. The highest BCUT2D eigenvalue weighted by atomic mass is 32.2. The van der Waals surface area contributed by atoms with Gasteiger partial charge in [0.1, 0.15) is 6.54 Å². The van der Waals surface area contributed by atoms with Gasteiger partial charge in [0.2, 0.25) is 11.8 Å². The van der Waals surface area contributed by atoms with Crippen molar-refractivity contribution in [1.82, 2.24) is 0 Å². The van der Waals surface area contributed by atoms with Gasteiger partial charge in [-0.2, -0.15) is 0 Å². The molecule has 4 nitrogen and oxygen atoms in total. The van der Waals surface area contributed by atoms with Crippen LogP contribution in [0.1, 0.15) is 25.3 Å². The van der Waals surface area contributed by atoms with Crippen molar-refractivity contribution in [3.05, 3.63) is 54.1 Å². The van der Waals surface area contributed by atoms with Crippen LogP contribution in [0.4, 0.5) is 11.4 Å². The highest BCUT2D eigenvalue weighted by Gasteiger charge is 2.26. The number of rotatable bonds is 4. The molecule has 124 valence electrons. The Morgan fingerprint density at radius 3 is 2.67 bits per heavy atom. The van der Waals surface area contributed by atoms with Gasteiger partial charge in [-0.3, -0.25) is 9.59 Å². The summed E-state index contributed by atoms with van der Waals surface area (Å²) in [5.41, 5.74) is 2.71. The molecule has 1 aliphatic rings. The third kappa shape index (κ3) is 3.46. The molecule has 1 heterocycles. The molecule has 0 saturated heterocycles. The van der Waals surface area contributed by atoms with E-state index >= 15 is 0 Å². The van der Waals surface area contributed by atoms with Crippen molar-refractivity contribution in [3.63, 3.8) is 0 Å². The number of benzene rings is 2. The lowest BCUT2D eigenvalue weighted by Gasteiger charge is -2.28. The van der Waals surface area contributed by atoms with E-state index in [9.17, 15) is 9.59 Å². The Morgan fingerprint density at radius 2 is 1.88 bits per heavy atom. The van der Waals surface area contributed by atoms with Gasteiger partial charge in [-0.1, -0.05) is 44.2 Å². The van der Waals surface area contributed by atoms with Gasteiger partial charge in [0.05, 0.1) is 11.4 Å². The molecule has 0 atom stereocenters. The average Bonchev–Trinajstić information content (AvgIpc) is 2.58. The van der Waals surface area contributed by atoms with E-state index in [4.69, 9.17) is 0 Å². The predicted molar refractivity (Wildman–Crippen MR) is 98.7 cm³/mol. The number of nitrogens with one attached hydrogen (secondary N) is 1. The Bertz CT molecular complexity index is 773. The molecule has 2 aromatic carbocycles. The zero-order chi connectivity index (χ0) is 17.1. The molecule has 0 spiro atoms. The third-order valence-corrected chi connectivity index (χ3v) is 5.01. The Morgan fingerprint density at radius 1 is 1.17 bits per heavy atom. The molecular formula is C19H20N2O2S. The summed E-state index contributed by atoms with van der Waals surface area (Å²) in [6, 6.07) is 15.5. The summed E-state index contributed by atoms with van der Waals surface area (Å²) < 4.78 is 0. The van der Waals surface area contributed by atoms with Crippen LogP contribution in [-0.4, -0.2) is 24.1 Å². The van der Waals surface area contributed by atoms with Crippen molar-refractivity contribution in [3.8, 4) is 0 Å². The largest absolute Gasteiger partial charge is 0.324 e. The number of fused-ring (bicyclic) bond motifs is 1. The average molecular weight is 340 g/mol. The van der Waals surface area contributed by atoms with Crippen LogP contribution < -0.4 is 10.2 Å². The second-order valence-corrected chi connectivity index (χ2v) is 7.04. The minimum absolute atomic E-state index is 0.0306. The molecule has 2 amide bonds. The van der Waals surface area contributed by atoms with Crippen LogP contribution in [0.3, 0.4) is 0 Å². The van der Waals surface area contributed by atoms with Gasteiger partial charge in [-0.25, -0.2) is 0 Å². The number of nitrogens with zero attached hydrogens (tertiary/aromatic N) is 1. The molecule has 1 aliphatic heterocycles. The Kier molecular flexibility index (Phi) is 4.90. The van der Waals surface area contributed by atoms with Crippen LogP contribution in [0.15, 0.2) is 53.4 Å². The van der Waals surface area contributed by atoms with Gasteiger partial charge in [0, 0.05) is 10.6 Å². The summed E-state index contributed by atoms with van der Waals surface area (Å²) in [5, 5.41) is 2.95. The number of anilines is 2. The number of para-hydroxylation sites is 2. The number of hydrogen-bond acceptors (Lipinski definition) is 3. The number of carbonyl (C=O) groups is 2. The second kappa shape index (κ2) is 7.09. The predicted octanol–water partition coefficient (Wildman–Crippen LogP) is 3.89. The molecule has 0 aliphatic carbocycles. The maximum atomic E-state index is 12.5. The summed E-state index contributed by atoms with van der Waals surface area (Å²) in [7, 11) is 0. The van der Waals surface area contributed by atoms with E-state index in [-0.39, 0.29) is 18.4 Å². The maximum absolute atomic E-state index is 12.5. The van der Waals surface area contributed by atoms with E-state index in [1.165, 1.54) is 11.8 Å². The summed E-state index contributed by atoms with van der Waals surface area (Å²) in [6.07, 6.45) is 0. The van der Waals surface area contributed by atoms with Gasteiger partial charge in [-0.05, 0) is 29.7 Å². The SMILES string of the molecule is CC(C)c1ccccc1NC(=O)CN1C(=O)CSc2ccccc21. The highest BCUT2D eigenvalue weighted by molar-refractivity contribution is 8.00. The fourth-order valence-electron chi connectivity index (χ4n) is 2.77. The van der Waals surface area contributed by atoms with Crippen LogP contribution >= 0.6 is 11.8 Å². The summed E-state index contributed by atoms with van der Waals surface area (Å²) in [5.74, 6) is 0.465. The molecule has 0 unspecified atom stereocenters. The van der Waals surface area contributed by atoms with Crippen LogP contribution in [0.2, 0.25) is 0 Å². The summed E-state index contributed by atoms with van der Waals surface area (Å²) in [6.45, 7) is 4.21. The zero-order valence-corrected chi connectivity index (χ0v) is 14.6. The molecule has 0 saturated carbocycles. The number of amides is 2. The van der Waals surface area contributed by atoms with Crippen molar-refractivity contribution < 1.29 is 9.59 Å². The molecule has 2 aromatic rings. The van der Waals surface area contributed by atoms with Gasteiger partial charge < -0.3 is 10.2 Å². The summed E-state index contributed by atoms with van der Waals surface area (Å²) >= 11 is 1.52. The van der Waals surface area contributed by atoms with E-state index in [1.807, 2.05) is 48.5 Å². The van der Waals surface area contributed by atoms with Crippen molar-refractivity contribution in [2.24, 2.45) is 0 Å². The standard InChI is InChI=1S/C19H20N2O2S/c1-13(2)14-7-3-4-8-15(14)20-18(22)11-21-16-9-5-6-10-17(16)24-12-19(21)23/h3-10,13H,11-12H2,1-2H3,(H,20,22). The van der Waals surface area contributed by atoms with Gasteiger partial charge >= 0.3 is 0 Å². The lowest BCUT2D eigenvalue weighted by Crippen LogP contribution is -2.41. The minimum atomic E-state index is -0.182. The van der Waals surface area contributed by atoms with Crippen molar-refractivity contribution in [1.29, 1.82) is 0 Å². The third-order valence-electron chi connectivity index (χ3n) is 3.97. The number of carbonyl (C=O) groups excluding carboxylic acids is 2. The van der Waals surface area contributed by atoms with E-state index in [2.05, 4.69) is 19.2 Å². The maximum Gasteiger partial charge on any atom is 0.244 e. The van der Waals surface area contributed by atoms with Crippen molar-refractivity contribution in [2.45, 2.75) is 24.7 Å². The fourth-order valence-corrected chi connectivity index (χ4v) is 3.71. The second-order valence-electron chi connectivity index (χ2n) is 6.03. The van der Waals surface area contributed by atoms with E-state index in [0.717, 1.165) is 21.8 Å². The highest BCUT2D eigenvalue weighted by Crippen LogP contribution is 2.34. The topological polar surface area (TPSA) is 49.4 Å². The molecule has 24 heavy (non-hydrogen) atoms. The number of hydrogen-bond donors (Lipinski definition) is 1. The Labute approximate surface area is 146 Å². The van der Waals surface area contributed by atoms with Crippen molar-refractivity contribution in [2.75, 3.05) is 22.5 Å². The molecule has 0 fully saturated rings. The smallest absolute Gasteiger partial charge is 0.244 e. The van der Waals surface area contributed by atoms with E-state index in [0.29, 0.717) is 11.7 Å². The molecule has 1 N–H and O–H groups in total. The molecule has 5 heteroatoms. The van der Waals surface area contributed by atoms with Crippen LogP contribution in [0.5, 0.6) is 0 Å². The lowest BCUT2D eigenvalue weighted by atomic mass is 10.0. The van der Waals surface area contributed by atoms with Gasteiger partial charge in [0.15, 0.2) is 0 Å². The first-order valence-corrected chi connectivity index (χ1v) is 8.96. The quantitative estimate of drug-likeness (QED) is 0.919. The monoisotopic (exact) mass is 340 g/mol.